The van der Waals surface area contributed by atoms with Crippen LogP contribution in [0.3, 0.4) is 0 Å². The summed E-state index contributed by atoms with van der Waals surface area (Å²) in [4.78, 5) is 12.5. The van der Waals surface area contributed by atoms with Gasteiger partial charge in [0.25, 0.3) is 0 Å². The molecular formula is C19H23ClN2O3S. The first-order valence-electron chi connectivity index (χ1n) is 8.22. The molecule has 0 heterocycles. The lowest BCUT2D eigenvalue weighted by molar-refractivity contribution is -0.114. The van der Waals surface area contributed by atoms with E-state index in [1.807, 2.05) is 32.9 Å². The fourth-order valence-electron chi connectivity index (χ4n) is 2.63. The van der Waals surface area contributed by atoms with Gasteiger partial charge < -0.3 is 5.32 Å². The minimum Gasteiger partial charge on any atom is -0.324 e. The average Bonchev–Trinajstić information content (AvgIpc) is 2.55. The molecule has 7 heteroatoms. The molecule has 0 radical (unpaired) electrons. The number of para-hydroxylation sites is 1. The summed E-state index contributed by atoms with van der Waals surface area (Å²) in [6, 6.07) is 12.4. The molecule has 0 aliphatic heterocycles. The van der Waals surface area contributed by atoms with Crippen molar-refractivity contribution < 1.29 is 13.2 Å². The molecular weight excluding hydrogens is 372 g/mol. The standard InChI is InChI=1S/C19H23ClN2O3S/c1-13(2)16-7-5-6-8-18(16)22(26(4,24)25)12-19(23)21-17-11-15(20)10-9-14(17)3/h5-11,13H,12H2,1-4H3,(H,21,23). The zero-order valence-electron chi connectivity index (χ0n) is 15.3. The van der Waals surface area contributed by atoms with Crippen molar-refractivity contribution in [3.8, 4) is 0 Å². The Labute approximate surface area is 160 Å². The largest absolute Gasteiger partial charge is 0.324 e. The van der Waals surface area contributed by atoms with E-state index in [1.165, 1.54) is 0 Å². The lowest BCUT2D eigenvalue weighted by Gasteiger charge is -2.25. The molecule has 0 aliphatic carbocycles. The monoisotopic (exact) mass is 394 g/mol. The van der Waals surface area contributed by atoms with Crippen molar-refractivity contribution in [3.63, 3.8) is 0 Å². The van der Waals surface area contributed by atoms with E-state index in [1.54, 1.807) is 30.3 Å². The topological polar surface area (TPSA) is 66.5 Å². The zero-order valence-corrected chi connectivity index (χ0v) is 16.9. The fourth-order valence-corrected chi connectivity index (χ4v) is 3.68. The Balaban J connectivity index is 2.33. The molecule has 2 rings (SSSR count). The Morgan fingerprint density at radius 1 is 1.19 bits per heavy atom. The van der Waals surface area contributed by atoms with Crippen molar-refractivity contribution >= 4 is 38.9 Å². The maximum Gasteiger partial charge on any atom is 0.245 e. The average molecular weight is 395 g/mol. The van der Waals surface area contributed by atoms with Crippen molar-refractivity contribution in [2.24, 2.45) is 0 Å². The molecule has 0 spiro atoms. The van der Waals surface area contributed by atoms with E-state index < -0.39 is 15.9 Å². The molecule has 2 aromatic carbocycles. The van der Waals surface area contributed by atoms with E-state index in [2.05, 4.69) is 5.32 Å². The number of aryl methyl sites for hydroxylation is 1. The highest BCUT2D eigenvalue weighted by molar-refractivity contribution is 7.92. The van der Waals surface area contributed by atoms with Gasteiger partial charge in [-0.25, -0.2) is 8.42 Å². The Kier molecular flexibility index (Phi) is 6.31. The van der Waals surface area contributed by atoms with Crippen LogP contribution >= 0.6 is 11.6 Å². The van der Waals surface area contributed by atoms with Gasteiger partial charge in [-0.15, -0.1) is 0 Å². The predicted octanol–water partition coefficient (Wildman–Crippen LogP) is 4.18. The summed E-state index contributed by atoms with van der Waals surface area (Å²) >= 11 is 5.97. The van der Waals surface area contributed by atoms with Crippen LogP contribution in [0.5, 0.6) is 0 Å². The maximum absolute atomic E-state index is 12.5. The summed E-state index contributed by atoms with van der Waals surface area (Å²) in [5.74, 6) is -0.312. The smallest absolute Gasteiger partial charge is 0.245 e. The molecule has 0 atom stereocenters. The minimum absolute atomic E-state index is 0.119. The zero-order chi connectivity index (χ0) is 19.5. The normalized spacial score (nSPS) is 11.5. The molecule has 140 valence electrons. The van der Waals surface area contributed by atoms with Crippen LogP contribution in [0.4, 0.5) is 11.4 Å². The molecule has 5 nitrogen and oxygen atoms in total. The third-order valence-electron chi connectivity index (χ3n) is 3.99. The molecule has 26 heavy (non-hydrogen) atoms. The van der Waals surface area contributed by atoms with Gasteiger partial charge in [0, 0.05) is 10.7 Å². The van der Waals surface area contributed by atoms with Crippen molar-refractivity contribution in [2.75, 3.05) is 22.4 Å². The van der Waals surface area contributed by atoms with Gasteiger partial charge in [0.15, 0.2) is 0 Å². The second kappa shape index (κ2) is 8.10. The molecule has 0 saturated carbocycles. The number of halogens is 1. The van der Waals surface area contributed by atoms with Crippen molar-refractivity contribution in [1.29, 1.82) is 0 Å². The van der Waals surface area contributed by atoms with E-state index in [0.29, 0.717) is 16.4 Å². The van der Waals surface area contributed by atoms with Gasteiger partial charge in [0.1, 0.15) is 6.54 Å². The van der Waals surface area contributed by atoms with Crippen LogP contribution in [-0.2, 0) is 14.8 Å². The summed E-state index contributed by atoms with van der Waals surface area (Å²) in [7, 11) is -3.63. The minimum atomic E-state index is -3.63. The number of rotatable bonds is 6. The molecule has 1 amide bonds. The number of carbonyl (C=O) groups excluding carboxylic acids is 1. The number of anilines is 2. The third kappa shape index (κ3) is 4.99. The van der Waals surface area contributed by atoms with Crippen molar-refractivity contribution in [1.82, 2.24) is 0 Å². The Hall–Kier alpha value is -2.05. The van der Waals surface area contributed by atoms with Crippen LogP contribution in [0.1, 0.15) is 30.9 Å². The van der Waals surface area contributed by atoms with Gasteiger partial charge in [-0.05, 0) is 42.2 Å². The van der Waals surface area contributed by atoms with E-state index in [0.717, 1.165) is 21.7 Å². The molecule has 0 aliphatic rings. The van der Waals surface area contributed by atoms with Crippen LogP contribution in [0, 0.1) is 6.92 Å². The first-order valence-corrected chi connectivity index (χ1v) is 10.4. The summed E-state index contributed by atoms with van der Waals surface area (Å²) < 4.78 is 25.8. The quantitative estimate of drug-likeness (QED) is 0.799. The molecule has 0 bridgehead atoms. The highest BCUT2D eigenvalue weighted by atomic mass is 35.5. The third-order valence-corrected chi connectivity index (χ3v) is 5.35. The Morgan fingerprint density at radius 3 is 2.46 bits per heavy atom. The van der Waals surface area contributed by atoms with E-state index in [4.69, 9.17) is 11.6 Å². The van der Waals surface area contributed by atoms with Crippen LogP contribution in [0.2, 0.25) is 5.02 Å². The van der Waals surface area contributed by atoms with Crippen LogP contribution in [0.25, 0.3) is 0 Å². The Bertz CT molecular complexity index is 911. The summed E-state index contributed by atoms with van der Waals surface area (Å²) in [5, 5.41) is 3.24. The number of hydrogen-bond donors (Lipinski definition) is 1. The summed E-state index contributed by atoms with van der Waals surface area (Å²) in [6.07, 6.45) is 1.10. The van der Waals surface area contributed by atoms with Crippen molar-refractivity contribution in [3.05, 3.63) is 58.6 Å². The molecule has 0 aromatic heterocycles. The second-order valence-electron chi connectivity index (χ2n) is 6.49. The van der Waals surface area contributed by atoms with Gasteiger partial charge in [-0.2, -0.15) is 0 Å². The highest BCUT2D eigenvalue weighted by Gasteiger charge is 2.24. The SMILES string of the molecule is Cc1ccc(Cl)cc1NC(=O)CN(c1ccccc1C(C)C)S(C)(=O)=O. The molecule has 0 fully saturated rings. The lowest BCUT2D eigenvalue weighted by atomic mass is 10.0. The maximum atomic E-state index is 12.5. The van der Waals surface area contributed by atoms with Crippen molar-refractivity contribution in [2.45, 2.75) is 26.7 Å². The number of amides is 1. The fraction of sp³-hybridized carbons (Fsp3) is 0.316. The first-order chi connectivity index (χ1) is 12.1. The van der Waals surface area contributed by atoms with Gasteiger partial charge in [-0.1, -0.05) is 49.7 Å². The lowest BCUT2D eigenvalue weighted by Crippen LogP contribution is -2.38. The second-order valence-corrected chi connectivity index (χ2v) is 8.83. The molecule has 0 saturated heterocycles. The number of carbonyl (C=O) groups is 1. The molecule has 1 N–H and O–H groups in total. The Morgan fingerprint density at radius 2 is 1.85 bits per heavy atom. The molecule has 2 aromatic rings. The molecule has 0 unspecified atom stereocenters. The van der Waals surface area contributed by atoms with E-state index >= 15 is 0 Å². The first kappa shape index (κ1) is 20.3. The van der Waals surface area contributed by atoms with Crippen LogP contribution in [0.15, 0.2) is 42.5 Å². The van der Waals surface area contributed by atoms with E-state index in [-0.39, 0.29) is 12.5 Å². The summed E-state index contributed by atoms with van der Waals surface area (Å²) in [6.45, 7) is 5.49. The highest BCUT2D eigenvalue weighted by Crippen LogP contribution is 2.29. The van der Waals surface area contributed by atoms with E-state index in [9.17, 15) is 13.2 Å². The van der Waals surface area contributed by atoms with Gasteiger partial charge >= 0.3 is 0 Å². The number of sulfonamides is 1. The number of benzene rings is 2. The van der Waals surface area contributed by atoms with Gasteiger partial charge in [0.2, 0.25) is 15.9 Å². The number of hydrogen-bond acceptors (Lipinski definition) is 3. The number of nitrogens with one attached hydrogen (secondary N) is 1. The predicted molar refractivity (Wildman–Crippen MR) is 108 cm³/mol. The number of nitrogens with zero attached hydrogens (tertiary/aromatic N) is 1. The van der Waals surface area contributed by atoms with Gasteiger partial charge in [-0.3, -0.25) is 9.10 Å². The van der Waals surface area contributed by atoms with Crippen LogP contribution in [-0.4, -0.2) is 27.1 Å². The van der Waals surface area contributed by atoms with Crippen LogP contribution < -0.4 is 9.62 Å². The summed E-state index contributed by atoms with van der Waals surface area (Å²) in [5.41, 5.74) is 2.79. The van der Waals surface area contributed by atoms with Gasteiger partial charge in [0.05, 0.1) is 11.9 Å².